The number of alkyl halides is 3. The zero-order valence-electron chi connectivity index (χ0n) is 14.0. The molecule has 0 aliphatic carbocycles. The number of hydrogen-bond donors (Lipinski definition) is 2. The summed E-state index contributed by atoms with van der Waals surface area (Å²) >= 11 is 0. The van der Waals surface area contributed by atoms with Crippen molar-refractivity contribution >= 4 is 27.5 Å². The maximum absolute atomic E-state index is 12.8. The van der Waals surface area contributed by atoms with Gasteiger partial charge in [-0.25, -0.2) is 0 Å². The van der Waals surface area contributed by atoms with Gasteiger partial charge >= 0.3 is 16.4 Å². The highest BCUT2D eigenvalue weighted by molar-refractivity contribution is 7.90. The van der Waals surface area contributed by atoms with E-state index in [1.165, 1.54) is 40.7 Å². The number of carbonyl (C=O) groups excluding carboxylic acids is 1. The molecule has 0 radical (unpaired) electrons. The number of nitrogens with one attached hydrogen (secondary N) is 2. The zero-order valence-corrected chi connectivity index (χ0v) is 14.8. The third-order valence-corrected chi connectivity index (χ3v) is 5.51. The Hall–Kier alpha value is -2.59. The molecule has 6 nitrogen and oxygen atoms in total. The predicted molar refractivity (Wildman–Crippen MR) is 94.6 cm³/mol. The molecule has 2 N–H and O–H groups in total. The summed E-state index contributed by atoms with van der Waals surface area (Å²) < 4.78 is 66.1. The largest absolute Gasteiger partial charge is 0.416 e. The Balaban J connectivity index is 1.74. The SMILES string of the molecule is O=C(Nc1cccc(C(F)(F)F)c1)c1cccc(NS(=O)(=O)N2CCC2)c1. The summed E-state index contributed by atoms with van der Waals surface area (Å²) in [6.45, 7) is 0.871. The Morgan fingerprint density at radius 1 is 1.00 bits per heavy atom. The van der Waals surface area contributed by atoms with Gasteiger partial charge in [-0.05, 0) is 42.8 Å². The fourth-order valence-corrected chi connectivity index (χ4v) is 3.73. The number of rotatable bonds is 5. The van der Waals surface area contributed by atoms with Crippen molar-refractivity contribution in [1.82, 2.24) is 4.31 Å². The van der Waals surface area contributed by atoms with Crippen LogP contribution in [-0.2, 0) is 16.4 Å². The molecule has 0 bridgehead atoms. The maximum atomic E-state index is 12.8. The number of amides is 1. The van der Waals surface area contributed by atoms with Crippen LogP contribution in [0.5, 0.6) is 0 Å². The van der Waals surface area contributed by atoms with Gasteiger partial charge in [0.1, 0.15) is 0 Å². The fourth-order valence-electron chi connectivity index (χ4n) is 2.44. The number of anilines is 2. The Kier molecular flexibility index (Phi) is 5.11. The van der Waals surface area contributed by atoms with Crippen LogP contribution in [0.2, 0.25) is 0 Å². The quantitative estimate of drug-likeness (QED) is 0.810. The van der Waals surface area contributed by atoms with E-state index in [4.69, 9.17) is 0 Å². The minimum absolute atomic E-state index is 0.0126. The third-order valence-electron chi connectivity index (χ3n) is 3.97. The van der Waals surface area contributed by atoms with Gasteiger partial charge in [-0.3, -0.25) is 9.52 Å². The van der Waals surface area contributed by atoms with Gasteiger partial charge in [0.05, 0.1) is 11.3 Å². The van der Waals surface area contributed by atoms with E-state index in [1.54, 1.807) is 0 Å². The molecule has 1 heterocycles. The lowest BCUT2D eigenvalue weighted by atomic mass is 10.1. The molecule has 0 unspecified atom stereocenters. The molecule has 3 rings (SSSR count). The first-order chi connectivity index (χ1) is 12.6. The predicted octanol–water partition coefficient (Wildman–Crippen LogP) is 3.32. The van der Waals surface area contributed by atoms with Crippen LogP contribution in [-0.4, -0.2) is 31.7 Å². The molecular formula is C17H16F3N3O3S. The number of carbonyl (C=O) groups is 1. The number of benzene rings is 2. The molecular weight excluding hydrogens is 383 g/mol. The highest BCUT2D eigenvalue weighted by Crippen LogP contribution is 2.30. The Morgan fingerprint density at radius 2 is 1.67 bits per heavy atom. The standard InChI is InChI=1S/C17H16F3N3O3S/c18-17(19,20)13-5-2-6-14(11-13)21-16(24)12-4-1-7-15(10-12)22-27(25,26)23-8-3-9-23/h1-2,4-7,10-11,22H,3,8-9H2,(H,21,24). The number of hydrogen-bond acceptors (Lipinski definition) is 3. The summed E-state index contributed by atoms with van der Waals surface area (Å²) in [5.41, 5.74) is -0.590. The van der Waals surface area contributed by atoms with Crippen molar-refractivity contribution in [3.8, 4) is 0 Å². The second-order valence-corrected chi connectivity index (χ2v) is 7.64. The highest BCUT2D eigenvalue weighted by Gasteiger charge is 2.30. The second kappa shape index (κ2) is 7.20. The van der Waals surface area contributed by atoms with Crippen molar-refractivity contribution in [2.24, 2.45) is 0 Å². The lowest BCUT2D eigenvalue weighted by Crippen LogP contribution is -2.45. The average molecular weight is 399 g/mol. The van der Waals surface area contributed by atoms with E-state index in [0.29, 0.717) is 13.1 Å². The monoisotopic (exact) mass is 399 g/mol. The Labute approximate surface area is 154 Å². The summed E-state index contributed by atoms with van der Waals surface area (Å²) in [4.78, 5) is 12.3. The molecule has 144 valence electrons. The summed E-state index contributed by atoms with van der Waals surface area (Å²) in [6, 6.07) is 9.98. The van der Waals surface area contributed by atoms with Crippen LogP contribution >= 0.6 is 0 Å². The van der Waals surface area contributed by atoms with Crippen molar-refractivity contribution in [3.05, 3.63) is 59.7 Å². The van der Waals surface area contributed by atoms with Gasteiger partial charge in [-0.1, -0.05) is 12.1 Å². The first-order valence-electron chi connectivity index (χ1n) is 8.02. The van der Waals surface area contributed by atoms with Crippen molar-refractivity contribution in [1.29, 1.82) is 0 Å². The smallest absolute Gasteiger partial charge is 0.322 e. The van der Waals surface area contributed by atoms with Crippen LogP contribution in [0.25, 0.3) is 0 Å². The minimum atomic E-state index is -4.52. The highest BCUT2D eigenvalue weighted by atomic mass is 32.2. The fraction of sp³-hybridized carbons (Fsp3) is 0.235. The van der Waals surface area contributed by atoms with E-state index in [2.05, 4.69) is 10.0 Å². The van der Waals surface area contributed by atoms with Crippen molar-refractivity contribution < 1.29 is 26.4 Å². The summed E-state index contributed by atoms with van der Waals surface area (Å²) in [6.07, 6.45) is -3.73. The van der Waals surface area contributed by atoms with E-state index in [0.717, 1.165) is 18.6 Å². The van der Waals surface area contributed by atoms with Crippen LogP contribution < -0.4 is 10.0 Å². The molecule has 2 aromatic carbocycles. The lowest BCUT2D eigenvalue weighted by Gasteiger charge is -2.29. The molecule has 1 saturated heterocycles. The van der Waals surface area contributed by atoms with Crippen LogP contribution in [0.15, 0.2) is 48.5 Å². The first kappa shape index (κ1) is 19.2. The van der Waals surface area contributed by atoms with E-state index >= 15 is 0 Å². The zero-order chi connectivity index (χ0) is 19.7. The van der Waals surface area contributed by atoms with Crippen LogP contribution in [0.4, 0.5) is 24.5 Å². The topological polar surface area (TPSA) is 78.5 Å². The van der Waals surface area contributed by atoms with Gasteiger partial charge in [0, 0.05) is 24.3 Å². The molecule has 0 aromatic heterocycles. The Bertz CT molecular complexity index is 957. The van der Waals surface area contributed by atoms with Crippen molar-refractivity contribution in [2.75, 3.05) is 23.1 Å². The van der Waals surface area contributed by atoms with Gasteiger partial charge in [0.15, 0.2) is 0 Å². The molecule has 2 aromatic rings. The normalized spacial score (nSPS) is 15.1. The molecule has 1 amide bonds. The molecule has 1 aliphatic heterocycles. The molecule has 0 atom stereocenters. The Morgan fingerprint density at radius 3 is 2.30 bits per heavy atom. The molecule has 27 heavy (non-hydrogen) atoms. The third kappa shape index (κ3) is 4.58. The van der Waals surface area contributed by atoms with Gasteiger partial charge in [0.2, 0.25) is 0 Å². The lowest BCUT2D eigenvalue weighted by molar-refractivity contribution is -0.137. The van der Waals surface area contributed by atoms with E-state index in [9.17, 15) is 26.4 Å². The number of halogens is 3. The average Bonchev–Trinajstić information content (AvgIpc) is 2.52. The molecule has 10 heteroatoms. The minimum Gasteiger partial charge on any atom is -0.322 e. The van der Waals surface area contributed by atoms with Crippen LogP contribution in [0, 0.1) is 0 Å². The van der Waals surface area contributed by atoms with Gasteiger partial charge in [0.25, 0.3) is 5.91 Å². The van der Waals surface area contributed by atoms with Gasteiger partial charge in [-0.15, -0.1) is 0 Å². The van der Waals surface area contributed by atoms with Gasteiger partial charge in [-0.2, -0.15) is 25.9 Å². The molecule has 0 spiro atoms. The van der Waals surface area contributed by atoms with Gasteiger partial charge < -0.3 is 5.32 Å². The summed E-state index contributed by atoms with van der Waals surface area (Å²) in [5, 5.41) is 2.38. The maximum Gasteiger partial charge on any atom is 0.416 e. The van der Waals surface area contributed by atoms with E-state index in [-0.39, 0.29) is 16.9 Å². The van der Waals surface area contributed by atoms with E-state index < -0.39 is 27.9 Å². The van der Waals surface area contributed by atoms with Crippen molar-refractivity contribution in [2.45, 2.75) is 12.6 Å². The van der Waals surface area contributed by atoms with E-state index in [1.807, 2.05) is 0 Å². The second-order valence-electron chi connectivity index (χ2n) is 5.97. The van der Waals surface area contributed by atoms with Crippen LogP contribution in [0.1, 0.15) is 22.3 Å². The molecule has 1 aliphatic rings. The van der Waals surface area contributed by atoms with Crippen molar-refractivity contribution in [3.63, 3.8) is 0 Å². The van der Waals surface area contributed by atoms with Crippen LogP contribution in [0.3, 0.4) is 0 Å². The summed E-state index contributed by atoms with van der Waals surface area (Å²) in [7, 11) is -3.67. The molecule has 0 saturated carbocycles. The summed E-state index contributed by atoms with van der Waals surface area (Å²) in [5.74, 6) is -0.653. The molecule has 1 fully saturated rings. The number of nitrogens with zero attached hydrogens (tertiary/aromatic N) is 1. The first-order valence-corrected chi connectivity index (χ1v) is 9.46.